The molecule has 0 nitrogen and oxygen atoms in total. The number of rotatable bonds is 2. The monoisotopic (exact) mass is 80.1 g/mol. The molecule has 0 aliphatic heterocycles. The van der Waals surface area contributed by atoms with E-state index in [1.54, 1.807) is 0 Å². The summed E-state index contributed by atoms with van der Waals surface area (Å²) in [5, 5.41) is 0. The molecule has 0 aromatic carbocycles. The standard InChI is InChI=1S/B7H/c1-6(2)5-7(3)4/h5H/i5T. The van der Waals surface area contributed by atoms with E-state index in [4.69, 9.17) is 32.3 Å². The Labute approximate surface area is 52.9 Å². The molecule has 7 heteroatoms. The predicted molar refractivity (Wildman–Crippen MR) is 41.7 cm³/mol. The van der Waals surface area contributed by atoms with Crippen molar-refractivity contribution in [1.82, 2.24) is 0 Å². The van der Waals surface area contributed by atoms with Crippen molar-refractivity contribution >= 4 is 50.7 Å². The van der Waals surface area contributed by atoms with Gasteiger partial charge in [-0.1, -0.05) is 0 Å². The highest BCUT2D eigenvalue weighted by atomic mass is 12.8. The summed E-state index contributed by atoms with van der Waals surface area (Å²) in [5.74, 6) is 0. The second-order valence-electron chi connectivity index (χ2n) is 1.35. The first-order valence-corrected chi connectivity index (χ1v) is 2.00. The molecule has 0 spiro atoms. The second-order valence-corrected chi connectivity index (χ2v) is 1.35. The van der Waals surface area contributed by atoms with Crippen LogP contribution in [0, 0.1) is 0 Å². The van der Waals surface area contributed by atoms with Gasteiger partial charge in [0.05, 0.1) is 0 Å². The zero-order valence-corrected chi connectivity index (χ0v) is 4.04. The first kappa shape index (κ1) is 5.59. The molecule has 0 N–H and O–H groups in total. The lowest BCUT2D eigenvalue weighted by atomic mass is 8.81. The molecule has 7 heavy (non-hydrogen) atoms. The molecule has 22 valence electrons. The normalized spacial score (nSPS) is 9.43. The van der Waals surface area contributed by atoms with Gasteiger partial charge in [-0.05, 0) is 1.34 Å². The van der Waals surface area contributed by atoms with Gasteiger partial charge >= 0.3 is 0 Å². The van der Waals surface area contributed by atoms with E-state index < -0.39 is 19.8 Å². The zero-order valence-electron chi connectivity index (χ0n) is 5.04. The lowest BCUT2D eigenvalue weighted by Crippen LogP contribution is -2.38. The summed E-state index contributed by atoms with van der Waals surface area (Å²) in [6, 6.07) is 0. The minimum Gasteiger partial charge on any atom is -0.0388 e. The molecule has 0 saturated carbocycles. The van der Waals surface area contributed by atoms with Crippen LogP contribution in [0.3, 0.4) is 0 Å². The molecule has 0 fully saturated rings. The Morgan fingerprint density at radius 3 is 1.43 bits per heavy atom. The molecule has 0 aromatic rings. The van der Waals surface area contributed by atoms with Crippen LogP contribution in [-0.4, -0.2) is 52.1 Å². The van der Waals surface area contributed by atoms with E-state index in [0.717, 1.165) is 0 Å². The molecule has 0 aliphatic carbocycles. The Kier molecular flexibility index (Phi) is 2.76. The van der Waals surface area contributed by atoms with Gasteiger partial charge in [-0.15, -0.1) is 0 Å². The highest BCUT2D eigenvalue weighted by Gasteiger charge is 2.01. The molecule has 0 unspecified atom stereocenters. The smallest absolute Gasteiger partial charge is 0.0273 e. The van der Waals surface area contributed by atoms with Crippen LogP contribution >= 0.6 is 0 Å². The lowest BCUT2D eigenvalue weighted by molar-refractivity contribution is 3.76. The molecule has 0 heterocycles. The third-order valence-electron chi connectivity index (χ3n) is 0.444. The van der Waals surface area contributed by atoms with E-state index in [9.17, 15) is 0 Å². The second kappa shape index (κ2) is 3.46. The van der Waals surface area contributed by atoms with Crippen LogP contribution in [0.1, 0.15) is 0 Å². The summed E-state index contributed by atoms with van der Waals surface area (Å²) in [6.07, 6.45) is -1.48. The van der Waals surface area contributed by atoms with E-state index in [-0.39, 0.29) is 0 Å². The first-order chi connectivity index (χ1) is 3.55. The molecule has 0 amide bonds. The number of hydrogen-bond donors (Lipinski definition) is 0. The largest absolute Gasteiger partial charge is 0.0388 e. The van der Waals surface area contributed by atoms with Gasteiger partial charge in [0, 0.05) is 50.7 Å². The van der Waals surface area contributed by atoms with E-state index >= 15 is 0 Å². The van der Waals surface area contributed by atoms with Gasteiger partial charge in [-0.2, -0.15) is 0 Å². The predicted octanol–water partition coefficient (Wildman–Crippen LogP) is -2.93. The summed E-state index contributed by atoms with van der Waals surface area (Å²) in [7, 11) is 19.5. The summed E-state index contributed by atoms with van der Waals surface area (Å²) in [5.41, 5.74) is 0. The van der Waals surface area contributed by atoms with Gasteiger partial charge in [0.2, 0.25) is 0 Å². The average molecular weight is 78.7 g/mol. The van der Waals surface area contributed by atoms with Gasteiger partial charge in [0.15, 0.2) is 0 Å². The van der Waals surface area contributed by atoms with Gasteiger partial charge in [0.25, 0.3) is 0 Å². The third kappa shape index (κ3) is 6.45. The third-order valence-corrected chi connectivity index (χ3v) is 0.444. The van der Waals surface area contributed by atoms with Gasteiger partial charge in [0.1, 0.15) is 0 Å². The SMILES string of the molecule is [3H]B(B([B])[B])B([B])[B]. The van der Waals surface area contributed by atoms with Crippen LogP contribution in [-0.2, 0) is 0 Å². The molecule has 0 rings (SSSR count). The van der Waals surface area contributed by atoms with Crippen molar-refractivity contribution in [3.05, 3.63) is 0 Å². The molecule has 0 bridgehead atoms. The van der Waals surface area contributed by atoms with Crippen molar-refractivity contribution < 1.29 is 0 Å². The summed E-state index contributed by atoms with van der Waals surface area (Å²) < 4.78 is 6.98. The van der Waals surface area contributed by atoms with Crippen molar-refractivity contribution in [2.45, 2.75) is 0 Å². The Morgan fingerprint density at radius 2 is 1.43 bits per heavy atom. The van der Waals surface area contributed by atoms with Crippen LogP contribution in [0.15, 0.2) is 0 Å². The quantitative estimate of drug-likeness (QED) is 0.310. The molecule has 0 aliphatic rings. The van der Waals surface area contributed by atoms with Crippen molar-refractivity contribution in [3.8, 4) is 0 Å². The molecule has 0 atom stereocenters. The minimum atomic E-state index is -0.769. The van der Waals surface area contributed by atoms with Crippen molar-refractivity contribution in [1.29, 1.82) is 1.34 Å². The lowest BCUT2D eigenvalue weighted by Gasteiger charge is -1.99. The maximum Gasteiger partial charge on any atom is 0.0273 e. The number of hydrogen-bond acceptors (Lipinski definition) is 0. The first-order valence-electron chi connectivity index (χ1n) is 2.58. The minimum absolute atomic E-state index is 0.741. The average Bonchev–Trinajstić information content (AvgIpc) is 1.64. The fraction of sp³-hybridized carbons (Fsp3) is 0. The zero-order chi connectivity index (χ0) is 6.73. The maximum atomic E-state index is 6.98. The van der Waals surface area contributed by atoms with Crippen LogP contribution in [0.2, 0.25) is 0 Å². The summed E-state index contributed by atoms with van der Waals surface area (Å²) in [6.45, 7) is 0. The van der Waals surface area contributed by atoms with Crippen LogP contribution in [0.5, 0.6) is 0 Å². The Balaban J connectivity index is 3.46. The maximum absolute atomic E-state index is 6.98. The highest BCUT2D eigenvalue weighted by molar-refractivity contribution is 7.76. The van der Waals surface area contributed by atoms with Gasteiger partial charge in [-0.3, -0.25) is 0 Å². The van der Waals surface area contributed by atoms with E-state index in [1.807, 2.05) is 0 Å². The van der Waals surface area contributed by atoms with E-state index in [0.29, 0.717) is 0 Å². The molecular weight excluding hydrogens is 75.7 g/mol. The molecular formula is HB7. The summed E-state index contributed by atoms with van der Waals surface area (Å²) >= 11 is 0. The topological polar surface area (TPSA) is 0 Å². The molecule has 0 aromatic heterocycles. The van der Waals surface area contributed by atoms with Crippen LogP contribution in [0.25, 0.3) is 0 Å². The fourth-order valence-electron chi connectivity index (χ4n) is 0.257. The highest BCUT2D eigenvalue weighted by Crippen LogP contribution is 1.62. The Bertz CT molecular complexity index is 49.4. The molecule has 0 saturated heterocycles. The Hall–Kier alpha value is 0.455. The van der Waals surface area contributed by atoms with Gasteiger partial charge < -0.3 is 0 Å². The van der Waals surface area contributed by atoms with Crippen LogP contribution in [0.4, 0.5) is 0 Å². The van der Waals surface area contributed by atoms with E-state index in [2.05, 4.69) is 0 Å². The van der Waals surface area contributed by atoms with Crippen molar-refractivity contribution in [3.63, 3.8) is 0 Å². The van der Waals surface area contributed by atoms with E-state index in [1.165, 1.54) is 0 Å². The van der Waals surface area contributed by atoms with Crippen LogP contribution < -0.4 is 0 Å². The molecule has 8 radical (unpaired) electrons. The summed E-state index contributed by atoms with van der Waals surface area (Å²) in [4.78, 5) is 0. The van der Waals surface area contributed by atoms with Crippen molar-refractivity contribution in [2.24, 2.45) is 0 Å². The Morgan fingerprint density at radius 1 is 1.14 bits per heavy atom. The van der Waals surface area contributed by atoms with Gasteiger partial charge in [-0.25, -0.2) is 0 Å². The fourth-order valence-corrected chi connectivity index (χ4v) is 0.257. The van der Waals surface area contributed by atoms with Crippen molar-refractivity contribution in [2.75, 3.05) is 0 Å².